The van der Waals surface area contributed by atoms with Crippen LogP contribution in [0.2, 0.25) is 0 Å². The maximum absolute atomic E-state index is 13.5. The normalized spacial score (nSPS) is 12.7. The SMILES string of the molecule is NNC(c1ccc(Br)c(F)c1)c1sccc1Br. The summed E-state index contributed by atoms with van der Waals surface area (Å²) in [5.41, 5.74) is 3.49. The molecule has 1 heterocycles. The average Bonchev–Trinajstić information content (AvgIpc) is 2.71. The average molecular weight is 380 g/mol. The van der Waals surface area contributed by atoms with E-state index in [1.165, 1.54) is 6.07 Å². The van der Waals surface area contributed by atoms with Gasteiger partial charge in [-0.25, -0.2) is 9.82 Å². The van der Waals surface area contributed by atoms with Gasteiger partial charge < -0.3 is 0 Å². The third-order valence-corrected chi connectivity index (χ3v) is 4.93. The summed E-state index contributed by atoms with van der Waals surface area (Å²) in [7, 11) is 0. The fourth-order valence-electron chi connectivity index (χ4n) is 1.53. The van der Waals surface area contributed by atoms with Gasteiger partial charge in [0.2, 0.25) is 0 Å². The molecule has 0 aliphatic carbocycles. The second-order valence-corrected chi connectivity index (χ2v) is 6.06. The van der Waals surface area contributed by atoms with Crippen LogP contribution in [0.3, 0.4) is 0 Å². The van der Waals surface area contributed by atoms with Gasteiger partial charge >= 0.3 is 0 Å². The Kier molecular flexibility index (Phi) is 4.32. The summed E-state index contributed by atoms with van der Waals surface area (Å²) in [6.45, 7) is 0. The van der Waals surface area contributed by atoms with Crippen LogP contribution >= 0.6 is 43.2 Å². The molecule has 1 unspecified atom stereocenters. The number of nitrogens with two attached hydrogens (primary N) is 1. The fraction of sp³-hybridized carbons (Fsp3) is 0.0909. The molecule has 1 aromatic carbocycles. The van der Waals surface area contributed by atoms with Crippen molar-refractivity contribution in [1.82, 2.24) is 5.43 Å². The van der Waals surface area contributed by atoms with Gasteiger partial charge in [-0.3, -0.25) is 5.84 Å². The first-order valence-corrected chi connectivity index (χ1v) is 7.24. The van der Waals surface area contributed by atoms with Crippen LogP contribution in [0.1, 0.15) is 16.5 Å². The quantitative estimate of drug-likeness (QED) is 0.625. The predicted octanol–water partition coefficient (Wildman–Crippen LogP) is 3.96. The van der Waals surface area contributed by atoms with E-state index >= 15 is 0 Å². The maximum atomic E-state index is 13.5. The summed E-state index contributed by atoms with van der Waals surface area (Å²) < 4.78 is 14.9. The highest BCUT2D eigenvalue weighted by molar-refractivity contribution is 9.10. The summed E-state index contributed by atoms with van der Waals surface area (Å²) in [6.07, 6.45) is 0. The Morgan fingerprint density at radius 1 is 1.24 bits per heavy atom. The van der Waals surface area contributed by atoms with Crippen LogP contribution in [0.5, 0.6) is 0 Å². The molecule has 3 N–H and O–H groups in total. The lowest BCUT2D eigenvalue weighted by molar-refractivity contribution is 0.603. The molecule has 0 fully saturated rings. The first-order chi connectivity index (χ1) is 8.13. The van der Waals surface area contributed by atoms with Crippen molar-refractivity contribution >= 4 is 43.2 Å². The monoisotopic (exact) mass is 378 g/mol. The molecule has 6 heteroatoms. The minimum atomic E-state index is -0.296. The van der Waals surface area contributed by atoms with E-state index in [9.17, 15) is 4.39 Å². The Morgan fingerprint density at radius 3 is 2.53 bits per heavy atom. The molecule has 1 aromatic heterocycles. The van der Waals surface area contributed by atoms with Gasteiger partial charge in [0.25, 0.3) is 0 Å². The number of rotatable bonds is 3. The third kappa shape index (κ3) is 2.77. The van der Waals surface area contributed by atoms with Gasteiger partial charge in [-0.15, -0.1) is 11.3 Å². The van der Waals surface area contributed by atoms with Crippen LogP contribution in [-0.4, -0.2) is 0 Å². The van der Waals surface area contributed by atoms with Crippen molar-refractivity contribution in [3.05, 3.63) is 54.8 Å². The summed E-state index contributed by atoms with van der Waals surface area (Å²) in [5.74, 6) is 5.26. The van der Waals surface area contributed by atoms with Gasteiger partial charge in [0.05, 0.1) is 10.5 Å². The molecule has 2 nitrogen and oxygen atoms in total. The zero-order valence-corrected chi connectivity index (χ0v) is 12.6. The van der Waals surface area contributed by atoms with Gasteiger partial charge in [-0.2, -0.15) is 0 Å². The van der Waals surface area contributed by atoms with Gasteiger partial charge in [0.15, 0.2) is 0 Å². The predicted molar refractivity (Wildman–Crippen MR) is 75.3 cm³/mol. The van der Waals surface area contributed by atoms with Gasteiger partial charge in [0, 0.05) is 9.35 Å². The highest BCUT2D eigenvalue weighted by Crippen LogP contribution is 2.33. The Morgan fingerprint density at radius 2 is 2.00 bits per heavy atom. The van der Waals surface area contributed by atoms with Crippen LogP contribution < -0.4 is 11.3 Å². The lowest BCUT2D eigenvalue weighted by Gasteiger charge is -2.16. The van der Waals surface area contributed by atoms with E-state index in [0.29, 0.717) is 4.47 Å². The minimum absolute atomic E-state index is 0.216. The lowest BCUT2D eigenvalue weighted by atomic mass is 10.1. The van der Waals surface area contributed by atoms with Crippen LogP contribution in [0.15, 0.2) is 38.6 Å². The second-order valence-electron chi connectivity index (χ2n) is 3.41. The van der Waals surface area contributed by atoms with E-state index in [2.05, 4.69) is 37.3 Å². The van der Waals surface area contributed by atoms with Crippen molar-refractivity contribution in [3.63, 3.8) is 0 Å². The molecular weight excluding hydrogens is 371 g/mol. The fourth-order valence-corrected chi connectivity index (χ4v) is 3.46. The van der Waals surface area contributed by atoms with Crippen molar-refractivity contribution in [1.29, 1.82) is 0 Å². The third-order valence-electron chi connectivity index (χ3n) is 2.35. The molecule has 0 amide bonds. The molecule has 2 rings (SSSR count). The van der Waals surface area contributed by atoms with Crippen molar-refractivity contribution in [3.8, 4) is 0 Å². The van der Waals surface area contributed by atoms with E-state index in [4.69, 9.17) is 5.84 Å². The summed E-state index contributed by atoms with van der Waals surface area (Å²) in [5, 5.41) is 1.96. The van der Waals surface area contributed by atoms with Crippen LogP contribution in [0.25, 0.3) is 0 Å². The molecule has 0 saturated heterocycles. The molecule has 0 radical (unpaired) electrons. The minimum Gasteiger partial charge on any atom is -0.271 e. The molecular formula is C11H9Br2FN2S. The second kappa shape index (κ2) is 5.58. The van der Waals surface area contributed by atoms with E-state index in [1.807, 2.05) is 17.5 Å². The Labute approximate surface area is 119 Å². The van der Waals surface area contributed by atoms with Crippen molar-refractivity contribution in [2.75, 3.05) is 0 Å². The standard InChI is InChI=1S/C11H9Br2FN2S/c12-7-2-1-6(5-9(7)14)10(16-15)11-8(13)3-4-17-11/h1-5,10,16H,15H2. The Balaban J connectivity index is 2.42. The van der Waals surface area contributed by atoms with E-state index in [0.717, 1.165) is 14.9 Å². The summed E-state index contributed by atoms with van der Waals surface area (Å²) in [4.78, 5) is 1.02. The van der Waals surface area contributed by atoms with Gasteiger partial charge in [-0.05, 0) is 61.0 Å². The molecule has 0 saturated carbocycles. The topological polar surface area (TPSA) is 38.0 Å². The van der Waals surface area contributed by atoms with Crippen LogP contribution in [0.4, 0.5) is 4.39 Å². The zero-order valence-electron chi connectivity index (χ0n) is 8.58. The molecule has 90 valence electrons. The molecule has 0 bridgehead atoms. The number of hydrogen-bond donors (Lipinski definition) is 2. The molecule has 1 atom stereocenters. The maximum Gasteiger partial charge on any atom is 0.137 e. The van der Waals surface area contributed by atoms with Crippen molar-refractivity contribution < 1.29 is 4.39 Å². The molecule has 0 spiro atoms. The number of hydrazine groups is 1. The van der Waals surface area contributed by atoms with E-state index < -0.39 is 0 Å². The van der Waals surface area contributed by atoms with E-state index in [-0.39, 0.29) is 11.9 Å². The summed E-state index contributed by atoms with van der Waals surface area (Å²) >= 11 is 8.14. The molecule has 17 heavy (non-hydrogen) atoms. The Hall–Kier alpha value is -0.270. The molecule has 0 aliphatic heterocycles. The highest BCUT2D eigenvalue weighted by Gasteiger charge is 2.17. The number of nitrogens with one attached hydrogen (secondary N) is 1. The van der Waals surface area contributed by atoms with Crippen LogP contribution in [-0.2, 0) is 0 Å². The molecule has 0 aliphatic rings. The number of benzene rings is 1. The van der Waals surface area contributed by atoms with Crippen LogP contribution in [0, 0.1) is 5.82 Å². The number of hydrogen-bond acceptors (Lipinski definition) is 3. The Bertz CT molecular complexity index is 530. The first-order valence-electron chi connectivity index (χ1n) is 4.77. The van der Waals surface area contributed by atoms with Gasteiger partial charge in [-0.1, -0.05) is 6.07 Å². The van der Waals surface area contributed by atoms with Gasteiger partial charge in [0.1, 0.15) is 5.82 Å². The number of halogens is 3. The molecule has 2 aromatic rings. The number of thiophene rings is 1. The van der Waals surface area contributed by atoms with Crippen molar-refractivity contribution in [2.45, 2.75) is 6.04 Å². The zero-order chi connectivity index (χ0) is 12.4. The first kappa shape index (κ1) is 13.2. The lowest BCUT2D eigenvalue weighted by Crippen LogP contribution is -2.28. The highest BCUT2D eigenvalue weighted by atomic mass is 79.9. The summed E-state index contributed by atoms with van der Waals surface area (Å²) in [6, 6.07) is 6.72. The van der Waals surface area contributed by atoms with Crippen molar-refractivity contribution in [2.24, 2.45) is 5.84 Å². The van der Waals surface area contributed by atoms with E-state index in [1.54, 1.807) is 17.4 Å². The smallest absolute Gasteiger partial charge is 0.137 e. The largest absolute Gasteiger partial charge is 0.271 e.